The molecule has 0 spiro atoms. The Bertz CT molecular complexity index is 355. The second-order valence-electron chi connectivity index (χ2n) is 4.16. The fourth-order valence-electron chi connectivity index (χ4n) is 1.87. The van der Waals surface area contributed by atoms with E-state index in [0.717, 1.165) is 28.6 Å². The summed E-state index contributed by atoms with van der Waals surface area (Å²) in [5.74, 6) is 0.838. The number of hydrogen-bond acceptors (Lipinski definition) is 3. The van der Waals surface area contributed by atoms with Gasteiger partial charge >= 0.3 is 0 Å². The molecule has 0 aliphatic heterocycles. The van der Waals surface area contributed by atoms with Crippen molar-refractivity contribution in [2.75, 3.05) is 12.4 Å². The van der Waals surface area contributed by atoms with Crippen molar-refractivity contribution in [2.24, 2.45) is 5.92 Å². The molecular formula is C11H16N2OS. The zero-order chi connectivity index (χ0) is 10.8. The first-order valence-electron chi connectivity index (χ1n) is 5.27. The smallest absolute Gasteiger partial charge is 0.261 e. The lowest BCUT2D eigenvalue weighted by molar-refractivity contribution is 0.0900. The predicted octanol–water partition coefficient (Wildman–Crippen LogP) is 2.32. The van der Waals surface area contributed by atoms with Gasteiger partial charge < -0.3 is 10.6 Å². The van der Waals surface area contributed by atoms with E-state index in [1.165, 1.54) is 11.3 Å². The van der Waals surface area contributed by atoms with Crippen LogP contribution in [0.4, 0.5) is 5.00 Å². The zero-order valence-corrected chi connectivity index (χ0v) is 9.86. The lowest BCUT2D eigenvalue weighted by Gasteiger charge is -2.33. The van der Waals surface area contributed by atoms with Crippen molar-refractivity contribution in [1.29, 1.82) is 0 Å². The number of thiophene rings is 1. The van der Waals surface area contributed by atoms with Crippen LogP contribution in [-0.4, -0.2) is 19.0 Å². The maximum Gasteiger partial charge on any atom is 0.261 e. The van der Waals surface area contributed by atoms with Gasteiger partial charge in [-0.1, -0.05) is 6.92 Å². The van der Waals surface area contributed by atoms with Gasteiger partial charge in [0.05, 0.1) is 9.88 Å². The van der Waals surface area contributed by atoms with Crippen molar-refractivity contribution in [3.63, 3.8) is 0 Å². The summed E-state index contributed by atoms with van der Waals surface area (Å²) in [5, 5.41) is 7.10. The van der Waals surface area contributed by atoms with E-state index in [4.69, 9.17) is 0 Å². The van der Waals surface area contributed by atoms with Crippen LogP contribution in [0.25, 0.3) is 0 Å². The van der Waals surface area contributed by atoms with Gasteiger partial charge in [0.1, 0.15) is 0 Å². The molecule has 15 heavy (non-hydrogen) atoms. The van der Waals surface area contributed by atoms with Crippen molar-refractivity contribution < 1.29 is 4.79 Å². The van der Waals surface area contributed by atoms with Crippen LogP contribution in [0.1, 0.15) is 29.4 Å². The standard InChI is InChI=1S/C11H16N2OS/c1-7-5-8(6-7)13-11(14)9-3-4-10(12-2)15-9/h3-4,7-8,12H,5-6H2,1-2H3,(H,13,14). The van der Waals surface area contributed by atoms with Crippen molar-refractivity contribution in [3.8, 4) is 0 Å². The number of carbonyl (C=O) groups is 1. The third-order valence-corrected chi connectivity index (χ3v) is 3.89. The molecule has 1 aliphatic rings. The Labute approximate surface area is 93.9 Å². The van der Waals surface area contributed by atoms with Crippen molar-refractivity contribution in [2.45, 2.75) is 25.8 Å². The Morgan fingerprint density at radius 2 is 2.20 bits per heavy atom. The summed E-state index contributed by atoms with van der Waals surface area (Å²) < 4.78 is 0. The average Bonchev–Trinajstić information content (AvgIpc) is 2.63. The molecule has 1 amide bonds. The van der Waals surface area contributed by atoms with Crippen LogP contribution in [0.15, 0.2) is 12.1 Å². The SMILES string of the molecule is CNc1ccc(C(=O)NC2CC(C)C2)s1. The van der Waals surface area contributed by atoms with E-state index in [2.05, 4.69) is 17.6 Å². The second-order valence-corrected chi connectivity index (χ2v) is 5.24. The monoisotopic (exact) mass is 224 g/mol. The molecule has 0 aromatic carbocycles. The molecule has 0 atom stereocenters. The maximum absolute atomic E-state index is 11.8. The van der Waals surface area contributed by atoms with Crippen LogP contribution < -0.4 is 10.6 Å². The number of rotatable bonds is 3. The highest BCUT2D eigenvalue weighted by Crippen LogP contribution is 2.27. The van der Waals surface area contributed by atoms with Gasteiger partial charge in [-0.2, -0.15) is 0 Å². The first-order chi connectivity index (χ1) is 7.19. The lowest BCUT2D eigenvalue weighted by atomic mass is 9.82. The lowest BCUT2D eigenvalue weighted by Crippen LogP contribution is -2.43. The average molecular weight is 224 g/mol. The molecule has 1 aliphatic carbocycles. The highest BCUT2D eigenvalue weighted by molar-refractivity contribution is 7.17. The Hall–Kier alpha value is -1.03. The Balaban J connectivity index is 1.90. The largest absolute Gasteiger partial charge is 0.380 e. The molecule has 2 rings (SSSR count). The Morgan fingerprint density at radius 3 is 2.73 bits per heavy atom. The highest BCUT2D eigenvalue weighted by atomic mass is 32.1. The normalized spacial score (nSPS) is 24.4. The molecule has 2 N–H and O–H groups in total. The summed E-state index contributed by atoms with van der Waals surface area (Å²) in [6.45, 7) is 2.22. The summed E-state index contributed by atoms with van der Waals surface area (Å²) in [5.41, 5.74) is 0. The molecule has 82 valence electrons. The van der Waals surface area contributed by atoms with Crippen LogP contribution >= 0.6 is 11.3 Å². The van der Waals surface area contributed by atoms with Gasteiger partial charge in [0.2, 0.25) is 0 Å². The third kappa shape index (κ3) is 2.31. The third-order valence-electron chi connectivity index (χ3n) is 2.79. The minimum Gasteiger partial charge on any atom is -0.380 e. The quantitative estimate of drug-likeness (QED) is 0.827. The molecule has 1 saturated carbocycles. The fourth-order valence-corrected chi connectivity index (χ4v) is 2.63. The van der Waals surface area contributed by atoms with E-state index in [-0.39, 0.29) is 5.91 Å². The molecule has 0 saturated heterocycles. The molecule has 0 unspecified atom stereocenters. The van der Waals surface area contributed by atoms with Crippen molar-refractivity contribution >= 4 is 22.2 Å². The topological polar surface area (TPSA) is 41.1 Å². The van der Waals surface area contributed by atoms with Gasteiger partial charge in [-0.05, 0) is 30.9 Å². The summed E-state index contributed by atoms with van der Waals surface area (Å²) in [6.07, 6.45) is 2.24. The summed E-state index contributed by atoms with van der Waals surface area (Å²) in [7, 11) is 1.86. The molecule has 3 nitrogen and oxygen atoms in total. The summed E-state index contributed by atoms with van der Waals surface area (Å²) in [4.78, 5) is 12.5. The van der Waals surface area contributed by atoms with Crippen LogP contribution in [0.3, 0.4) is 0 Å². The first-order valence-corrected chi connectivity index (χ1v) is 6.09. The minimum atomic E-state index is 0.0680. The van der Waals surface area contributed by atoms with Gasteiger partial charge in [-0.3, -0.25) is 4.79 Å². The van der Waals surface area contributed by atoms with Gasteiger partial charge in [-0.15, -0.1) is 11.3 Å². The maximum atomic E-state index is 11.8. The number of hydrogen-bond donors (Lipinski definition) is 2. The predicted molar refractivity (Wildman–Crippen MR) is 63.5 cm³/mol. The van der Waals surface area contributed by atoms with E-state index >= 15 is 0 Å². The molecule has 1 aromatic rings. The van der Waals surface area contributed by atoms with E-state index in [1.807, 2.05) is 19.2 Å². The first kappa shape index (κ1) is 10.5. The van der Waals surface area contributed by atoms with E-state index in [0.29, 0.717) is 6.04 Å². The van der Waals surface area contributed by atoms with Crippen LogP contribution in [0.2, 0.25) is 0 Å². The van der Waals surface area contributed by atoms with E-state index in [1.54, 1.807) is 0 Å². The molecule has 0 bridgehead atoms. The fraction of sp³-hybridized carbons (Fsp3) is 0.545. The molecule has 1 fully saturated rings. The number of carbonyl (C=O) groups excluding carboxylic acids is 1. The highest BCUT2D eigenvalue weighted by Gasteiger charge is 2.27. The number of amides is 1. The molecular weight excluding hydrogens is 208 g/mol. The minimum absolute atomic E-state index is 0.0680. The molecule has 4 heteroatoms. The van der Waals surface area contributed by atoms with E-state index in [9.17, 15) is 4.79 Å². The van der Waals surface area contributed by atoms with Crippen molar-refractivity contribution in [1.82, 2.24) is 5.32 Å². The van der Waals surface area contributed by atoms with Gasteiger partial charge in [0.25, 0.3) is 5.91 Å². The summed E-state index contributed by atoms with van der Waals surface area (Å²) in [6, 6.07) is 4.20. The van der Waals surface area contributed by atoms with E-state index < -0.39 is 0 Å². The number of anilines is 1. The van der Waals surface area contributed by atoms with Crippen LogP contribution in [0.5, 0.6) is 0 Å². The molecule has 1 aromatic heterocycles. The van der Waals surface area contributed by atoms with Crippen LogP contribution in [0, 0.1) is 5.92 Å². The summed E-state index contributed by atoms with van der Waals surface area (Å²) >= 11 is 1.50. The second kappa shape index (κ2) is 4.23. The van der Waals surface area contributed by atoms with Gasteiger partial charge in [0, 0.05) is 13.1 Å². The van der Waals surface area contributed by atoms with Crippen LogP contribution in [-0.2, 0) is 0 Å². The molecule has 0 radical (unpaired) electrons. The van der Waals surface area contributed by atoms with Gasteiger partial charge in [-0.25, -0.2) is 0 Å². The van der Waals surface area contributed by atoms with Gasteiger partial charge in [0.15, 0.2) is 0 Å². The Morgan fingerprint density at radius 1 is 1.47 bits per heavy atom. The zero-order valence-electron chi connectivity index (χ0n) is 9.04. The Kier molecular flexibility index (Phi) is 2.95. The van der Waals surface area contributed by atoms with Crippen molar-refractivity contribution in [3.05, 3.63) is 17.0 Å². The number of nitrogens with one attached hydrogen (secondary N) is 2. The molecule has 1 heterocycles.